The van der Waals surface area contributed by atoms with E-state index in [9.17, 15) is 4.79 Å². The molecular formula is C12H16Cl2N6O. The monoisotopic (exact) mass is 330 g/mol. The Kier molecular flexibility index (Phi) is 7.07. The number of rotatable bonds is 6. The van der Waals surface area contributed by atoms with Crippen LogP contribution in [0.3, 0.4) is 0 Å². The molecule has 2 aromatic rings. The van der Waals surface area contributed by atoms with Crippen molar-refractivity contribution in [3.05, 3.63) is 35.1 Å². The van der Waals surface area contributed by atoms with E-state index in [1.54, 1.807) is 18.2 Å². The van der Waals surface area contributed by atoms with Crippen LogP contribution in [0.5, 0.6) is 0 Å². The topological polar surface area (TPSA) is 84.7 Å². The van der Waals surface area contributed by atoms with Crippen molar-refractivity contribution in [3.63, 3.8) is 0 Å². The third-order valence-corrected chi connectivity index (χ3v) is 2.87. The predicted molar refractivity (Wildman–Crippen MR) is 82.3 cm³/mol. The zero-order chi connectivity index (χ0) is 14.4. The van der Waals surface area contributed by atoms with Crippen molar-refractivity contribution < 1.29 is 4.79 Å². The largest absolute Gasteiger partial charge is 0.351 e. The second-order valence-electron chi connectivity index (χ2n) is 4.03. The Morgan fingerprint density at radius 1 is 1.38 bits per heavy atom. The zero-order valence-corrected chi connectivity index (χ0v) is 13.0. The second-order valence-corrected chi connectivity index (χ2v) is 4.46. The summed E-state index contributed by atoms with van der Waals surface area (Å²) < 4.78 is 1.43. The molecule has 0 atom stereocenters. The molecule has 0 aliphatic rings. The minimum atomic E-state index is -0.212. The number of halogens is 2. The quantitative estimate of drug-likeness (QED) is 0.774. The van der Waals surface area contributed by atoms with Crippen molar-refractivity contribution in [2.24, 2.45) is 0 Å². The van der Waals surface area contributed by atoms with Crippen molar-refractivity contribution in [3.8, 4) is 5.69 Å². The average Bonchev–Trinajstić information content (AvgIpc) is 2.97. The lowest BCUT2D eigenvalue weighted by atomic mass is 10.1. The molecular weight excluding hydrogens is 315 g/mol. The summed E-state index contributed by atoms with van der Waals surface area (Å²) in [7, 11) is 0. The number of likely N-dealkylation sites (N-methyl/N-ethyl adjacent to an activating group) is 1. The standard InChI is InChI=1S/C12H15ClN6O.ClH/c1-2-14-5-6-15-12(20)10-7-9(13)3-4-11(10)19-8-16-17-18-19;/h3-4,7-8,14H,2,5-6H2,1H3,(H,15,20);1H. The Hall–Kier alpha value is -1.70. The number of benzene rings is 1. The normalized spacial score (nSPS) is 10.0. The number of nitrogens with zero attached hydrogens (tertiary/aromatic N) is 4. The highest BCUT2D eigenvalue weighted by molar-refractivity contribution is 6.31. The van der Waals surface area contributed by atoms with Gasteiger partial charge in [0.05, 0.1) is 11.3 Å². The zero-order valence-electron chi connectivity index (χ0n) is 11.4. The van der Waals surface area contributed by atoms with Crippen molar-refractivity contribution >= 4 is 29.9 Å². The van der Waals surface area contributed by atoms with Gasteiger partial charge in [0.15, 0.2) is 0 Å². The summed E-state index contributed by atoms with van der Waals surface area (Å²) in [5.74, 6) is -0.212. The number of carbonyl (C=O) groups excluding carboxylic acids is 1. The van der Waals surface area contributed by atoms with Gasteiger partial charge in [-0.15, -0.1) is 17.5 Å². The van der Waals surface area contributed by atoms with Gasteiger partial charge >= 0.3 is 0 Å². The second kappa shape index (κ2) is 8.56. The van der Waals surface area contributed by atoms with Gasteiger partial charge in [-0.1, -0.05) is 18.5 Å². The highest BCUT2D eigenvalue weighted by Gasteiger charge is 2.14. The first-order valence-electron chi connectivity index (χ1n) is 6.24. The summed E-state index contributed by atoms with van der Waals surface area (Å²) >= 11 is 5.95. The van der Waals surface area contributed by atoms with Crippen molar-refractivity contribution in [1.82, 2.24) is 30.8 Å². The van der Waals surface area contributed by atoms with Crippen LogP contribution in [0.2, 0.25) is 5.02 Å². The van der Waals surface area contributed by atoms with Crippen LogP contribution in [-0.2, 0) is 0 Å². The maximum Gasteiger partial charge on any atom is 0.253 e. The third kappa shape index (κ3) is 4.66. The Morgan fingerprint density at radius 3 is 2.86 bits per heavy atom. The number of amides is 1. The number of hydrogen-bond donors (Lipinski definition) is 2. The smallest absolute Gasteiger partial charge is 0.253 e. The van der Waals surface area contributed by atoms with Crippen molar-refractivity contribution in [1.29, 1.82) is 0 Å². The lowest BCUT2D eigenvalue weighted by Gasteiger charge is -2.10. The average molecular weight is 331 g/mol. The van der Waals surface area contributed by atoms with Crippen LogP contribution >= 0.6 is 24.0 Å². The van der Waals surface area contributed by atoms with Crippen molar-refractivity contribution in [2.45, 2.75) is 6.92 Å². The van der Waals surface area contributed by atoms with E-state index in [1.165, 1.54) is 11.0 Å². The molecule has 0 bridgehead atoms. The molecule has 1 aromatic heterocycles. The van der Waals surface area contributed by atoms with Gasteiger partial charge in [-0.25, -0.2) is 0 Å². The van der Waals surface area contributed by atoms with Gasteiger partial charge < -0.3 is 10.6 Å². The Labute approximate surface area is 133 Å². The molecule has 1 aromatic carbocycles. The van der Waals surface area contributed by atoms with Gasteiger partial charge in [-0.2, -0.15) is 4.68 Å². The molecule has 0 aliphatic carbocycles. The fourth-order valence-corrected chi connectivity index (χ4v) is 1.87. The fourth-order valence-electron chi connectivity index (χ4n) is 1.70. The molecule has 0 radical (unpaired) electrons. The molecule has 0 saturated heterocycles. The Balaban J connectivity index is 0.00000220. The Morgan fingerprint density at radius 2 is 2.19 bits per heavy atom. The molecule has 1 amide bonds. The van der Waals surface area contributed by atoms with Crippen LogP contribution in [0.25, 0.3) is 5.69 Å². The summed E-state index contributed by atoms with van der Waals surface area (Å²) in [6.45, 7) is 4.12. The number of aromatic nitrogens is 4. The molecule has 9 heteroatoms. The van der Waals surface area contributed by atoms with E-state index in [0.717, 1.165) is 6.54 Å². The third-order valence-electron chi connectivity index (χ3n) is 2.64. The number of hydrogen-bond acceptors (Lipinski definition) is 5. The van der Waals surface area contributed by atoms with E-state index in [4.69, 9.17) is 11.6 Å². The summed E-state index contributed by atoms with van der Waals surface area (Å²) in [6, 6.07) is 4.99. The maximum atomic E-state index is 12.2. The van der Waals surface area contributed by atoms with Crippen LogP contribution in [0.1, 0.15) is 17.3 Å². The molecule has 0 unspecified atom stereocenters. The molecule has 0 spiro atoms. The van der Waals surface area contributed by atoms with E-state index in [-0.39, 0.29) is 18.3 Å². The minimum absolute atomic E-state index is 0. The van der Waals surface area contributed by atoms with E-state index >= 15 is 0 Å². The summed E-state index contributed by atoms with van der Waals surface area (Å²) in [4.78, 5) is 12.2. The van der Waals surface area contributed by atoms with Crippen LogP contribution in [-0.4, -0.2) is 45.7 Å². The summed E-state index contributed by atoms with van der Waals surface area (Å²) in [6.07, 6.45) is 1.43. The minimum Gasteiger partial charge on any atom is -0.351 e. The lowest BCUT2D eigenvalue weighted by Crippen LogP contribution is -2.32. The molecule has 21 heavy (non-hydrogen) atoms. The lowest BCUT2D eigenvalue weighted by molar-refractivity contribution is 0.0954. The van der Waals surface area contributed by atoms with E-state index in [0.29, 0.717) is 29.4 Å². The summed E-state index contributed by atoms with van der Waals surface area (Å²) in [5, 5.41) is 17.4. The number of tetrazole rings is 1. The van der Waals surface area contributed by atoms with Gasteiger partial charge in [0.25, 0.3) is 5.91 Å². The fraction of sp³-hybridized carbons (Fsp3) is 0.333. The number of carbonyl (C=O) groups is 1. The molecule has 1 heterocycles. The van der Waals surface area contributed by atoms with Gasteiger partial charge in [0, 0.05) is 18.1 Å². The van der Waals surface area contributed by atoms with E-state index in [2.05, 4.69) is 26.2 Å². The van der Waals surface area contributed by atoms with E-state index in [1.807, 2.05) is 6.92 Å². The van der Waals surface area contributed by atoms with Crippen LogP contribution in [0.15, 0.2) is 24.5 Å². The van der Waals surface area contributed by atoms with E-state index < -0.39 is 0 Å². The molecule has 2 N–H and O–H groups in total. The maximum absolute atomic E-state index is 12.2. The molecule has 7 nitrogen and oxygen atoms in total. The van der Waals surface area contributed by atoms with Gasteiger partial charge in [-0.3, -0.25) is 4.79 Å². The van der Waals surface area contributed by atoms with Crippen molar-refractivity contribution in [2.75, 3.05) is 19.6 Å². The SMILES string of the molecule is CCNCCNC(=O)c1cc(Cl)ccc1-n1cnnn1.Cl. The first-order valence-corrected chi connectivity index (χ1v) is 6.62. The van der Waals surface area contributed by atoms with Gasteiger partial charge in [-0.05, 0) is 35.2 Å². The van der Waals surface area contributed by atoms with Crippen LogP contribution in [0.4, 0.5) is 0 Å². The molecule has 114 valence electrons. The molecule has 0 aliphatic heterocycles. The Bertz CT molecular complexity index is 575. The highest BCUT2D eigenvalue weighted by atomic mass is 35.5. The van der Waals surface area contributed by atoms with Gasteiger partial charge in [0.2, 0.25) is 0 Å². The highest BCUT2D eigenvalue weighted by Crippen LogP contribution is 2.18. The van der Waals surface area contributed by atoms with Gasteiger partial charge in [0.1, 0.15) is 6.33 Å². The van der Waals surface area contributed by atoms with Crippen LogP contribution in [0, 0.1) is 0 Å². The molecule has 2 rings (SSSR count). The number of nitrogens with one attached hydrogen (secondary N) is 2. The molecule has 0 fully saturated rings. The molecule has 0 saturated carbocycles. The first kappa shape index (κ1) is 17.4. The predicted octanol–water partition coefficient (Wildman–Crippen LogP) is 1.08. The first-order chi connectivity index (χ1) is 9.72. The summed E-state index contributed by atoms with van der Waals surface area (Å²) in [5.41, 5.74) is 1.02. The van der Waals surface area contributed by atoms with Crippen LogP contribution < -0.4 is 10.6 Å².